The quantitative estimate of drug-likeness (QED) is 0.194. The minimum absolute atomic E-state index is 0.0311. The van der Waals surface area contributed by atoms with E-state index in [0.29, 0.717) is 19.4 Å². The predicted octanol–water partition coefficient (Wildman–Crippen LogP) is 0.0455. The van der Waals surface area contributed by atoms with Gasteiger partial charge in [-0.3, -0.25) is 9.79 Å². The Balaban J connectivity index is 2.72. The van der Waals surface area contributed by atoms with Crippen molar-refractivity contribution in [1.82, 2.24) is 10.3 Å². The van der Waals surface area contributed by atoms with Gasteiger partial charge in [0.25, 0.3) is 5.91 Å². The summed E-state index contributed by atoms with van der Waals surface area (Å²) in [5.74, 6) is -0.706. The Morgan fingerprint density at radius 3 is 2.69 bits per heavy atom. The maximum Gasteiger partial charge on any atom is 0.328 e. The van der Waals surface area contributed by atoms with Gasteiger partial charge in [-0.25, -0.2) is 9.78 Å². The number of nitrogens with zero attached hydrogens (tertiary/aromatic N) is 2. The Bertz CT molecular complexity index is 626. The van der Waals surface area contributed by atoms with Crippen molar-refractivity contribution in [3.05, 3.63) is 17.8 Å². The van der Waals surface area contributed by atoms with Crippen LogP contribution >= 0.6 is 0 Å². The average molecular weight is 368 g/mol. The molecule has 0 saturated heterocycles. The summed E-state index contributed by atoms with van der Waals surface area (Å²) in [6, 6.07) is -1.25. The molecule has 0 radical (unpaired) electrons. The third-order valence-electron chi connectivity index (χ3n) is 4.03. The maximum atomic E-state index is 12.3. The smallest absolute Gasteiger partial charge is 0.328 e. The molecule has 0 aliphatic heterocycles. The van der Waals surface area contributed by atoms with Gasteiger partial charge in [0.2, 0.25) is 5.89 Å². The van der Waals surface area contributed by atoms with E-state index >= 15 is 0 Å². The van der Waals surface area contributed by atoms with Gasteiger partial charge in [0.1, 0.15) is 12.3 Å². The first-order valence-electron chi connectivity index (χ1n) is 8.45. The number of ether oxygens (including phenoxy) is 1. The van der Waals surface area contributed by atoms with Crippen molar-refractivity contribution >= 4 is 17.8 Å². The van der Waals surface area contributed by atoms with Gasteiger partial charge in [0.15, 0.2) is 11.7 Å². The van der Waals surface area contributed by atoms with Gasteiger partial charge >= 0.3 is 5.97 Å². The molecule has 10 nitrogen and oxygen atoms in total. The van der Waals surface area contributed by atoms with Crippen molar-refractivity contribution in [3.8, 4) is 0 Å². The number of carbonyl (C=O) groups excluding carboxylic acids is 2. The van der Waals surface area contributed by atoms with Crippen LogP contribution in [0.3, 0.4) is 0 Å². The first-order valence-corrected chi connectivity index (χ1v) is 8.45. The molecule has 7 N–H and O–H groups in total. The molecule has 3 atom stereocenters. The number of carbonyl (C=O) groups is 2. The second-order valence-corrected chi connectivity index (χ2v) is 5.98. The number of aliphatic imine (C=N–C) groups is 1. The van der Waals surface area contributed by atoms with E-state index in [1.54, 1.807) is 0 Å². The van der Waals surface area contributed by atoms with E-state index < -0.39 is 24.0 Å². The molecule has 1 amide bonds. The van der Waals surface area contributed by atoms with Gasteiger partial charge in [0, 0.05) is 6.54 Å². The van der Waals surface area contributed by atoms with Crippen molar-refractivity contribution in [2.75, 3.05) is 13.7 Å². The minimum atomic E-state index is -0.843. The topological polar surface area (TPSA) is 172 Å². The van der Waals surface area contributed by atoms with Gasteiger partial charge in [-0.05, 0) is 18.8 Å². The Morgan fingerprint density at radius 2 is 2.12 bits per heavy atom. The maximum absolute atomic E-state index is 12.3. The highest BCUT2D eigenvalue weighted by molar-refractivity contribution is 5.94. The van der Waals surface area contributed by atoms with Gasteiger partial charge < -0.3 is 31.7 Å². The normalized spacial score (nSPS) is 14.2. The first-order chi connectivity index (χ1) is 12.3. The number of rotatable bonds is 10. The zero-order chi connectivity index (χ0) is 19.7. The van der Waals surface area contributed by atoms with E-state index in [0.717, 1.165) is 6.42 Å². The lowest BCUT2D eigenvalue weighted by Crippen LogP contribution is -2.41. The van der Waals surface area contributed by atoms with E-state index in [9.17, 15) is 9.59 Å². The molecule has 0 aliphatic carbocycles. The van der Waals surface area contributed by atoms with E-state index in [1.807, 2.05) is 13.8 Å². The second kappa shape index (κ2) is 10.4. The third-order valence-corrected chi connectivity index (χ3v) is 4.03. The van der Waals surface area contributed by atoms with E-state index in [1.165, 1.54) is 13.4 Å². The summed E-state index contributed by atoms with van der Waals surface area (Å²) in [5.41, 5.74) is 16.6. The average Bonchev–Trinajstić information content (AvgIpc) is 3.12. The molecule has 0 fully saturated rings. The van der Waals surface area contributed by atoms with Crippen LogP contribution in [0.15, 0.2) is 15.7 Å². The Morgan fingerprint density at radius 1 is 1.42 bits per heavy atom. The molecule has 146 valence electrons. The van der Waals surface area contributed by atoms with Gasteiger partial charge in [-0.1, -0.05) is 20.3 Å². The SMILES string of the molecule is CCC(C)C(N)c1nc(C(=O)NC(CCCN=C(N)N)C(=O)OC)co1. The number of guanidine groups is 1. The van der Waals surface area contributed by atoms with Crippen molar-refractivity contribution in [2.45, 2.75) is 45.2 Å². The molecule has 10 heteroatoms. The minimum Gasteiger partial charge on any atom is -0.467 e. The lowest BCUT2D eigenvalue weighted by molar-refractivity contribution is -0.143. The number of esters is 1. The fourth-order valence-corrected chi connectivity index (χ4v) is 2.17. The molecule has 3 unspecified atom stereocenters. The molecule has 0 aliphatic rings. The number of aromatic nitrogens is 1. The molecule has 1 heterocycles. The Labute approximate surface area is 152 Å². The molecule has 1 aromatic rings. The molecule has 0 aromatic carbocycles. The van der Waals surface area contributed by atoms with Crippen LogP contribution in [0.1, 0.15) is 55.5 Å². The zero-order valence-electron chi connectivity index (χ0n) is 15.4. The molecule has 1 aromatic heterocycles. The molecule has 0 bridgehead atoms. The lowest BCUT2D eigenvalue weighted by atomic mass is 10.0. The highest BCUT2D eigenvalue weighted by Gasteiger charge is 2.25. The summed E-state index contributed by atoms with van der Waals surface area (Å²) in [6.45, 7) is 4.31. The van der Waals surface area contributed by atoms with Crippen LogP contribution in [0.2, 0.25) is 0 Å². The number of hydrogen-bond acceptors (Lipinski definition) is 7. The Kier molecular flexibility index (Phi) is 8.56. The highest BCUT2D eigenvalue weighted by Crippen LogP contribution is 2.21. The van der Waals surface area contributed by atoms with Crippen LogP contribution in [0, 0.1) is 5.92 Å². The Hall–Kier alpha value is -2.62. The summed E-state index contributed by atoms with van der Waals surface area (Å²) in [4.78, 5) is 32.2. The second-order valence-electron chi connectivity index (χ2n) is 5.98. The monoisotopic (exact) mass is 368 g/mol. The third kappa shape index (κ3) is 6.36. The molecule has 26 heavy (non-hydrogen) atoms. The highest BCUT2D eigenvalue weighted by atomic mass is 16.5. The molecular weight excluding hydrogens is 340 g/mol. The van der Waals surface area contributed by atoms with Crippen molar-refractivity contribution in [2.24, 2.45) is 28.1 Å². The largest absolute Gasteiger partial charge is 0.467 e. The van der Waals surface area contributed by atoms with E-state index in [2.05, 4.69) is 15.3 Å². The molecule has 1 rings (SSSR count). The predicted molar refractivity (Wildman–Crippen MR) is 96.1 cm³/mol. The number of oxazole rings is 1. The lowest BCUT2D eigenvalue weighted by Gasteiger charge is -2.15. The van der Waals surface area contributed by atoms with Crippen LogP contribution in [-0.4, -0.2) is 42.5 Å². The fraction of sp³-hybridized carbons (Fsp3) is 0.625. The standard InChI is InChI=1S/C16H28N6O4/c1-4-9(2)12(17)14-22-11(8-26-14)13(23)21-10(15(24)25-3)6-5-7-20-16(18)19/h8-10,12H,4-7,17H2,1-3H3,(H,21,23)(H4,18,19,20). The molecule has 0 saturated carbocycles. The number of nitrogens with two attached hydrogens (primary N) is 3. The number of hydrogen-bond donors (Lipinski definition) is 4. The van der Waals surface area contributed by atoms with Crippen molar-refractivity contribution in [1.29, 1.82) is 0 Å². The molecular formula is C16H28N6O4. The van der Waals surface area contributed by atoms with Gasteiger partial charge in [-0.15, -0.1) is 0 Å². The van der Waals surface area contributed by atoms with E-state index in [4.69, 9.17) is 26.4 Å². The first kappa shape index (κ1) is 21.4. The van der Waals surface area contributed by atoms with Crippen LogP contribution < -0.4 is 22.5 Å². The van der Waals surface area contributed by atoms with Gasteiger partial charge in [0.05, 0.1) is 13.2 Å². The van der Waals surface area contributed by atoms with E-state index in [-0.39, 0.29) is 23.5 Å². The van der Waals surface area contributed by atoms with Gasteiger partial charge in [-0.2, -0.15) is 0 Å². The van der Waals surface area contributed by atoms with Crippen LogP contribution in [0.25, 0.3) is 0 Å². The summed E-state index contributed by atoms with van der Waals surface area (Å²) in [6.07, 6.45) is 2.87. The summed E-state index contributed by atoms with van der Waals surface area (Å²) >= 11 is 0. The van der Waals surface area contributed by atoms with Crippen LogP contribution in [-0.2, 0) is 9.53 Å². The van der Waals surface area contributed by atoms with Crippen LogP contribution in [0.4, 0.5) is 0 Å². The number of nitrogens with one attached hydrogen (secondary N) is 1. The summed E-state index contributed by atoms with van der Waals surface area (Å²) in [7, 11) is 1.25. The van der Waals surface area contributed by atoms with Crippen molar-refractivity contribution < 1.29 is 18.7 Å². The summed E-state index contributed by atoms with van der Waals surface area (Å²) in [5, 5.41) is 2.58. The van der Waals surface area contributed by atoms with Crippen LogP contribution in [0.5, 0.6) is 0 Å². The zero-order valence-corrected chi connectivity index (χ0v) is 15.4. The number of methoxy groups -OCH3 is 1. The summed E-state index contributed by atoms with van der Waals surface area (Å²) < 4.78 is 10.0. The van der Waals surface area contributed by atoms with Crippen molar-refractivity contribution in [3.63, 3.8) is 0 Å². The fourth-order valence-electron chi connectivity index (χ4n) is 2.17. The molecule has 0 spiro atoms. The number of amides is 1.